The quantitative estimate of drug-likeness (QED) is 0.600. The van der Waals surface area contributed by atoms with Gasteiger partial charge in [0.1, 0.15) is 0 Å². The molecule has 0 heterocycles. The van der Waals surface area contributed by atoms with Gasteiger partial charge in [-0.3, -0.25) is 0 Å². The van der Waals surface area contributed by atoms with Crippen molar-refractivity contribution in [2.24, 2.45) is 0 Å². The fourth-order valence-electron chi connectivity index (χ4n) is 1.15. The van der Waals surface area contributed by atoms with E-state index in [4.69, 9.17) is 0 Å². The molecule has 2 aromatic carbocycles. The molecular formula is C18H19O4Zn-. The number of aromatic carboxylic acids is 2. The van der Waals surface area contributed by atoms with E-state index in [1.807, 2.05) is 0 Å². The summed E-state index contributed by atoms with van der Waals surface area (Å²) in [6, 6.07) is 16.1. The normalized spacial score (nSPS) is 8.52. The summed E-state index contributed by atoms with van der Waals surface area (Å²) < 4.78 is 0. The summed E-state index contributed by atoms with van der Waals surface area (Å²) in [5, 5.41) is 20.2. The van der Waals surface area contributed by atoms with E-state index in [0.717, 1.165) is 0 Å². The second kappa shape index (κ2) is 13.7. The zero-order valence-electron chi connectivity index (χ0n) is 13.6. The maximum atomic E-state index is 10.1. The molecule has 0 N–H and O–H groups in total. The third-order valence-electron chi connectivity index (χ3n) is 2.02. The molecule has 0 spiro atoms. The van der Waals surface area contributed by atoms with Crippen molar-refractivity contribution in [1.82, 2.24) is 0 Å². The Morgan fingerprint density at radius 2 is 0.913 bits per heavy atom. The topological polar surface area (TPSA) is 80.3 Å². The minimum absolute atomic E-state index is 0. The first-order valence-corrected chi connectivity index (χ1v) is 6.64. The van der Waals surface area contributed by atoms with Gasteiger partial charge in [-0.15, -0.1) is 0 Å². The smallest absolute Gasteiger partial charge is 0.545 e. The molecule has 0 atom stereocenters. The monoisotopic (exact) mass is 363 g/mol. The average Bonchev–Trinajstić information content (AvgIpc) is 2.49. The van der Waals surface area contributed by atoms with Gasteiger partial charge in [0, 0.05) is 0 Å². The minimum atomic E-state index is -1.13. The zero-order chi connectivity index (χ0) is 17.0. The molecule has 5 heteroatoms. The van der Waals surface area contributed by atoms with Crippen LogP contribution in [-0.2, 0) is 19.5 Å². The third kappa shape index (κ3) is 13.4. The van der Waals surface area contributed by atoms with Crippen LogP contribution in [0.3, 0.4) is 0 Å². The van der Waals surface area contributed by atoms with Gasteiger partial charge in [-0.2, -0.15) is 20.8 Å². The number of carbonyl (C=O) groups excluding carboxylic acids is 2. The van der Waals surface area contributed by atoms with Gasteiger partial charge in [0.05, 0.1) is 11.9 Å². The molecule has 0 aromatic heterocycles. The van der Waals surface area contributed by atoms with Gasteiger partial charge in [-0.05, 0) is 11.1 Å². The second-order valence-electron chi connectivity index (χ2n) is 4.81. The van der Waals surface area contributed by atoms with E-state index < -0.39 is 11.9 Å². The molecule has 0 radical (unpaired) electrons. The Hall–Kier alpha value is -2.00. The van der Waals surface area contributed by atoms with E-state index in [2.05, 4.69) is 20.8 Å². The van der Waals surface area contributed by atoms with Crippen LogP contribution in [0.2, 0.25) is 0 Å². The standard InChI is InChI=1S/2C7H6O2.C4H9.Zn/c2*8-7(9)6-4-2-1-3-5-6;1-4(2)3;/h2*1-5H,(H,8,9);1-3H3;/q;;-1;+2/p-2. The number of carboxylic acid groups (broad SMARTS) is 2. The van der Waals surface area contributed by atoms with E-state index in [0.29, 0.717) is 0 Å². The Kier molecular flexibility index (Phi) is 13.8. The molecular weight excluding hydrogens is 346 g/mol. The number of hydrogen-bond donors (Lipinski definition) is 0. The first-order chi connectivity index (χ1) is 10.3. The van der Waals surface area contributed by atoms with Crippen LogP contribution < -0.4 is 10.2 Å². The molecule has 0 unspecified atom stereocenters. The van der Waals surface area contributed by atoms with Crippen molar-refractivity contribution < 1.29 is 39.3 Å². The largest absolute Gasteiger partial charge is 2.00 e. The Morgan fingerprint density at radius 1 is 0.696 bits per heavy atom. The summed E-state index contributed by atoms with van der Waals surface area (Å²) in [6.45, 7) is 6.25. The van der Waals surface area contributed by atoms with Crippen LogP contribution in [0.1, 0.15) is 41.5 Å². The first kappa shape index (κ1) is 23.3. The van der Waals surface area contributed by atoms with Crippen molar-refractivity contribution in [3.8, 4) is 0 Å². The SMILES string of the molecule is C[C-](C)C.O=C([O-])c1ccccc1.O=C([O-])c1ccccc1.[Zn+2]. The van der Waals surface area contributed by atoms with E-state index in [9.17, 15) is 19.8 Å². The van der Waals surface area contributed by atoms with Gasteiger partial charge in [-0.1, -0.05) is 60.7 Å². The molecule has 0 saturated heterocycles. The molecule has 2 rings (SSSR count). The summed E-state index contributed by atoms with van der Waals surface area (Å²) in [5.41, 5.74) is 0.440. The number of rotatable bonds is 2. The molecule has 2 aromatic rings. The van der Waals surface area contributed by atoms with Gasteiger partial charge >= 0.3 is 19.5 Å². The molecule has 118 valence electrons. The Morgan fingerprint density at radius 3 is 1.04 bits per heavy atom. The van der Waals surface area contributed by atoms with E-state index in [-0.39, 0.29) is 30.6 Å². The molecule has 0 saturated carbocycles. The summed E-state index contributed by atoms with van der Waals surface area (Å²) in [7, 11) is 0. The fraction of sp³-hybridized carbons (Fsp3) is 0.167. The van der Waals surface area contributed by atoms with Gasteiger partial charge in [0.2, 0.25) is 0 Å². The first-order valence-electron chi connectivity index (χ1n) is 6.64. The molecule has 0 aliphatic rings. The van der Waals surface area contributed by atoms with Gasteiger partial charge < -0.3 is 25.7 Å². The van der Waals surface area contributed by atoms with Crippen LogP contribution in [0.4, 0.5) is 0 Å². The predicted octanol–water partition coefficient (Wildman–Crippen LogP) is 1.72. The Labute approximate surface area is 149 Å². The van der Waals surface area contributed by atoms with Crippen molar-refractivity contribution in [1.29, 1.82) is 0 Å². The third-order valence-corrected chi connectivity index (χ3v) is 2.02. The van der Waals surface area contributed by atoms with E-state index in [1.54, 1.807) is 36.4 Å². The number of carboxylic acids is 2. The average molecular weight is 365 g/mol. The van der Waals surface area contributed by atoms with Crippen molar-refractivity contribution in [2.45, 2.75) is 20.8 Å². The fourth-order valence-corrected chi connectivity index (χ4v) is 1.15. The molecule has 4 nitrogen and oxygen atoms in total. The van der Waals surface area contributed by atoms with Crippen molar-refractivity contribution in [3.63, 3.8) is 0 Å². The molecule has 0 fully saturated rings. The molecule has 0 amide bonds. The Balaban J connectivity index is 0. The summed E-state index contributed by atoms with van der Waals surface area (Å²) in [5.74, 6) is -0.841. The zero-order valence-corrected chi connectivity index (χ0v) is 16.6. The number of hydrogen-bond acceptors (Lipinski definition) is 4. The molecule has 23 heavy (non-hydrogen) atoms. The van der Waals surface area contributed by atoms with Crippen LogP contribution >= 0.6 is 0 Å². The predicted molar refractivity (Wildman–Crippen MR) is 81.8 cm³/mol. The van der Waals surface area contributed by atoms with Crippen LogP contribution in [0.5, 0.6) is 0 Å². The molecule has 0 bridgehead atoms. The molecule has 0 aliphatic carbocycles. The van der Waals surface area contributed by atoms with Crippen molar-refractivity contribution in [3.05, 3.63) is 77.7 Å². The van der Waals surface area contributed by atoms with E-state index in [1.165, 1.54) is 30.2 Å². The number of carbonyl (C=O) groups is 2. The van der Waals surface area contributed by atoms with Gasteiger partial charge in [0.15, 0.2) is 0 Å². The second-order valence-corrected chi connectivity index (χ2v) is 4.81. The maximum absolute atomic E-state index is 10.1. The van der Waals surface area contributed by atoms with Crippen LogP contribution in [0, 0.1) is 5.92 Å². The van der Waals surface area contributed by atoms with Crippen molar-refractivity contribution >= 4 is 11.9 Å². The minimum Gasteiger partial charge on any atom is -0.545 e. The molecule has 0 aliphatic heterocycles. The maximum Gasteiger partial charge on any atom is 2.00 e. The van der Waals surface area contributed by atoms with Gasteiger partial charge in [0.25, 0.3) is 0 Å². The van der Waals surface area contributed by atoms with Crippen LogP contribution in [-0.4, -0.2) is 11.9 Å². The van der Waals surface area contributed by atoms with Gasteiger partial charge in [-0.25, -0.2) is 0 Å². The summed E-state index contributed by atoms with van der Waals surface area (Å²) in [4.78, 5) is 20.2. The summed E-state index contributed by atoms with van der Waals surface area (Å²) in [6.07, 6.45) is 0. The number of benzene rings is 2. The summed E-state index contributed by atoms with van der Waals surface area (Å²) >= 11 is 0. The van der Waals surface area contributed by atoms with Crippen LogP contribution in [0.15, 0.2) is 60.7 Å². The Bertz CT molecular complexity index is 501. The van der Waals surface area contributed by atoms with Crippen LogP contribution in [0.25, 0.3) is 0 Å². The van der Waals surface area contributed by atoms with E-state index >= 15 is 0 Å². The van der Waals surface area contributed by atoms with Crippen molar-refractivity contribution in [2.75, 3.05) is 0 Å².